The van der Waals surface area contributed by atoms with Gasteiger partial charge in [0, 0.05) is 5.56 Å². The highest BCUT2D eigenvalue weighted by molar-refractivity contribution is 14.1. The molecule has 0 unspecified atom stereocenters. The average Bonchev–Trinajstić information content (AvgIpc) is 2.82. The smallest absolute Gasteiger partial charge is 0.262 e. The van der Waals surface area contributed by atoms with E-state index in [-0.39, 0.29) is 18.2 Å². The Labute approximate surface area is 201 Å². The predicted octanol–water partition coefficient (Wildman–Crippen LogP) is 5.53. The van der Waals surface area contributed by atoms with E-state index in [4.69, 9.17) is 4.74 Å². The molecular formula is C26H20IN3O2. The van der Waals surface area contributed by atoms with Crippen LogP contribution < -0.4 is 10.1 Å². The van der Waals surface area contributed by atoms with Crippen LogP contribution in [-0.2, 0) is 11.4 Å². The quantitative estimate of drug-likeness (QED) is 0.246. The topological polar surface area (TPSA) is 85.9 Å². The van der Waals surface area contributed by atoms with Crippen LogP contribution in [0.2, 0.25) is 0 Å². The van der Waals surface area contributed by atoms with E-state index >= 15 is 0 Å². The summed E-state index contributed by atoms with van der Waals surface area (Å²) in [4.78, 5) is 12.6. The van der Waals surface area contributed by atoms with Crippen LogP contribution in [0.1, 0.15) is 35.2 Å². The number of hydrogen-bond donors (Lipinski definition) is 1. The van der Waals surface area contributed by atoms with Crippen LogP contribution in [0, 0.1) is 26.2 Å². The maximum Gasteiger partial charge on any atom is 0.262 e. The second kappa shape index (κ2) is 11.1. The van der Waals surface area contributed by atoms with Gasteiger partial charge in [0.2, 0.25) is 0 Å². The minimum atomic E-state index is -0.424. The lowest BCUT2D eigenvalue weighted by atomic mass is 10.1. The van der Waals surface area contributed by atoms with E-state index in [1.165, 1.54) is 0 Å². The summed E-state index contributed by atoms with van der Waals surface area (Å²) in [7, 11) is 0. The van der Waals surface area contributed by atoms with E-state index in [0.29, 0.717) is 11.3 Å². The van der Waals surface area contributed by atoms with Crippen molar-refractivity contribution in [3.05, 3.63) is 104 Å². The van der Waals surface area contributed by atoms with Gasteiger partial charge >= 0.3 is 0 Å². The lowest BCUT2D eigenvalue weighted by Crippen LogP contribution is -2.27. The number of nitrogens with zero attached hydrogens (tertiary/aromatic N) is 2. The fraction of sp³-hybridized carbons (Fsp3) is 0.115. The molecule has 158 valence electrons. The third-order valence-corrected chi connectivity index (χ3v) is 5.64. The molecule has 0 aliphatic heterocycles. The van der Waals surface area contributed by atoms with Crippen LogP contribution in [0.15, 0.2) is 78.4 Å². The summed E-state index contributed by atoms with van der Waals surface area (Å²) in [5, 5.41) is 21.6. The Balaban J connectivity index is 1.70. The van der Waals surface area contributed by atoms with E-state index in [2.05, 4.69) is 34.0 Å². The minimum Gasteiger partial charge on any atom is -0.488 e. The zero-order valence-corrected chi connectivity index (χ0v) is 19.5. The van der Waals surface area contributed by atoms with Gasteiger partial charge in [0.1, 0.15) is 24.0 Å². The molecule has 3 rings (SSSR count). The molecule has 0 spiro atoms. The van der Waals surface area contributed by atoms with Crippen molar-refractivity contribution in [3.8, 4) is 17.9 Å². The lowest BCUT2D eigenvalue weighted by molar-refractivity contribution is -0.117. The highest BCUT2D eigenvalue weighted by Crippen LogP contribution is 2.25. The van der Waals surface area contributed by atoms with Crippen molar-refractivity contribution in [3.63, 3.8) is 0 Å². The molecule has 0 saturated heterocycles. The Kier molecular flexibility index (Phi) is 8.02. The van der Waals surface area contributed by atoms with Crippen molar-refractivity contribution in [2.24, 2.45) is 0 Å². The number of nitriles is 2. The highest BCUT2D eigenvalue weighted by atomic mass is 127. The Bertz CT molecular complexity index is 1220. The number of carbonyl (C=O) groups excluding carboxylic acids is 1. The minimum absolute atomic E-state index is 0.0280. The molecule has 0 saturated carbocycles. The Morgan fingerprint density at radius 1 is 1.09 bits per heavy atom. The molecular weight excluding hydrogens is 513 g/mol. The SMILES string of the molecule is C[C@H](NC(=O)/C(C#N)=C\c1ccc(OCc2ccccc2C#N)c(I)c1)c1ccccc1. The third kappa shape index (κ3) is 5.96. The standard InChI is InChI=1S/C26H20IN3O2/c1-18(20-7-3-2-4-8-20)30-26(31)23(16-29)13-19-11-12-25(24(27)14-19)32-17-22-10-6-5-9-21(22)15-28/h2-14,18H,17H2,1H3,(H,30,31)/b23-13-/t18-/m0/s1. The molecule has 32 heavy (non-hydrogen) atoms. The molecule has 0 aromatic heterocycles. The molecule has 5 nitrogen and oxygen atoms in total. The normalized spacial score (nSPS) is 11.7. The van der Waals surface area contributed by atoms with Gasteiger partial charge in [-0.2, -0.15) is 10.5 Å². The second-order valence-electron chi connectivity index (χ2n) is 7.02. The largest absolute Gasteiger partial charge is 0.488 e. The molecule has 0 heterocycles. The molecule has 3 aromatic rings. The van der Waals surface area contributed by atoms with Crippen molar-refractivity contribution in [1.29, 1.82) is 10.5 Å². The molecule has 1 amide bonds. The maximum absolute atomic E-state index is 12.6. The first-order chi connectivity index (χ1) is 15.5. The molecule has 0 radical (unpaired) electrons. The highest BCUT2D eigenvalue weighted by Gasteiger charge is 2.14. The number of benzene rings is 3. The molecule has 0 bridgehead atoms. The summed E-state index contributed by atoms with van der Waals surface area (Å²) < 4.78 is 6.71. The zero-order chi connectivity index (χ0) is 22.9. The van der Waals surface area contributed by atoms with E-state index in [9.17, 15) is 15.3 Å². The number of carbonyl (C=O) groups is 1. The summed E-state index contributed by atoms with van der Waals surface area (Å²) in [6.07, 6.45) is 1.56. The number of halogens is 1. The van der Waals surface area contributed by atoms with E-state index < -0.39 is 5.91 Å². The first-order valence-electron chi connectivity index (χ1n) is 9.89. The van der Waals surface area contributed by atoms with Crippen molar-refractivity contribution in [2.45, 2.75) is 19.6 Å². The van der Waals surface area contributed by atoms with Crippen molar-refractivity contribution >= 4 is 34.6 Å². The summed E-state index contributed by atoms with van der Waals surface area (Å²) in [5.41, 5.74) is 3.10. The lowest BCUT2D eigenvalue weighted by Gasteiger charge is -2.14. The summed E-state index contributed by atoms with van der Waals surface area (Å²) in [6.45, 7) is 2.15. The van der Waals surface area contributed by atoms with Gasteiger partial charge in [0.05, 0.1) is 21.2 Å². The molecule has 0 aliphatic carbocycles. The van der Waals surface area contributed by atoms with Crippen LogP contribution in [0.4, 0.5) is 0 Å². The fourth-order valence-electron chi connectivity index (χ4n) is 3.05. The number of hydrogen-bond acceptors (Lipinski definition) is 4. The number of ether oxygens (including phenoxy) is 1. The van der Waals surface area contributed by atoms with Gasteiger partial charge in [-0.15, -0.1) is 0 Å². The van der Waals surface area contributed by atoms with Crippen molar-refractivity contribution < 1.29 is 9.53 Å². The molecule has 0 aliphatic rings. The average molecular weight is 533 g/mol. The molecule has 3 aromatic carbocycles. The van der Waals surface area contributed by atoms with Crippen LogP contribution in [0.3, 0.4) is 0 Å². The molecule has 1 atom stereocenters. The first-order valence-corrected chi connectivity index (χ1v) is 11.0. The van der Waals surface area contributed by atoms with Crippen LogP contribution in [0.25, 0.3) is 6.08 Å². The van der Waals surface area contributed by atoms with Gasteiger partial charge in [-0.1, -0.05) is 54.6 Å². The zero-order valence-electron chi connectivity index (χ0n) is 17.4. The van der Waals surface area contributed by atoms with Gasteiger partial charge in [-0.3, -0.25) is 4.79 Å². The van der Waals surface area contributed by atoms with Gasteiger partial charge in [0.15, 0.2) is 0 Å². The molecule has 6 heteroatoms. The first kappa shape index (κ1) is 23.1. The Morgan fingerprint density at radius 2 is 1.81 bits per heavy atom. The second-order valence-corrected chi connectivity index (χ2v) is 8.19. The van der Waals surface area contributed by atoms with E-state index in [0.717, 1.165) is 20.3 Å². The Morgan fingerprint density at radius 3 is 2.50 bits per heavy atom. The van der Waals surface area contributed by atoms with Crippen LogP contribution in [-0.4, -0.2) is 5.91 Å². The van der Waals surface area contributed by atoms with Gasteiger partial charge < -0.3 is 10.1 Å². The van der Waals surface area contributed by atoms with Crippen LogP contribution >= 0.6 is 22.6 Å². The van der Waals surface area contributed by atoms with Gasteiger partial charge in [0.25, 0.3) is 5.91 Å². The van der Waals surface area contributed by atoms with Crippen LogP contribution in [0.5, 0.6) is 5.75 Å². The monoisotopic (exact) mass is 533 g/mol. The predicted molar refractivity (Wildman–Crippen MR) is 131 cm³/mol. The van der Waals surface area contributed by atoms with E-state index in [1.54, 1.807) is 24.3 Å². The number of rotatable bonds is 7. The van der Waals surface area contributed by atoms with Crippen molar-refractivity contribution in [1.82, 2.24) is 5.32 Å². The van der Waals surface area contributed by atoms with Crippen molar-refractivity contribution in [2.75, 3.05) is 0 Å². The summed E-state index contributed by atoms with van der Waals surface area (Å²) in [6, 6.07) is 26.2. The molecule has 0 fully saturated rings. The fourth-order valence-corrected chi connectivity index (χ4v) is 3.74. The Hall–Kier alpha value is -3.62. The summed E-state index contributed by atoms with van der Waals surface area (Å²) >= 11 is 2.15. The molecule has 1 N–H and O–H groups in total. The van der Waals surface area contributed by atoms with E-state index in [1.807, 2.05) is 67.6 Å². The van der Waals surface area contributed by atoms with Gasteiger partial charge in [-0.05, 0) is 64.9 Å². The van der Waals surface area contributed by atoms with Gasteiger partial charge in [-0.25, -0.2) is 0 Å². The number of nitrogens with one attached hydrogen (secondary N) is 1. The third-order valence-electron chi connectivity index (χ3n) is 4.80. The summed E-state index contributed by atoms with van der Waals surface area (Å²) in [5.74, 6) is 0.239. The maximum atomic E-state index is 12.6. The number of amides is 1.